The minimum Gasteiger partial charge on any atom is -0.434 e. The Bertz CT molecular complexity index is 559. The number of halogens is 4. The largest absolute Gasteiger partial charge is 0.434 e. The van der Waals surface area contributed by atoms with Gasteiger partial charge in [-0.2, -0.15) is 8.78 Å². The van der Waals surface area contributed by atoms with Crippen LogP contribution in [0.2, 0.25) is 0 Å². The van der Waals surface area contributed by atoms with Gasteiger partial charge in [0, 0.05) is 29.7 Å². The number of aliphatic hydroxyl groups excluding tert-OH is 1. The number of nitrogens with one attached hydrogen (secondary N) is 2. The third-order valence-corrected chi connectivity index (χ3v) is 4.28. The van der Waals surface area contributed by atoms with Crippen molar-refractivity contribution in [2.24, 2.45) is 10.9 Å². The molecule has 0 aliphatic rings. The zero-order valence-electron chi connectivity index (χ0n) is 15.7. The van der Waals surface area contributed by atoms with Crippen molar-refractivity contribution in [3.8, 4) is 5.75 Å². The van der Waals surface area contributed by atoms with Crippen LogP contribution in [0.3, 0.4) is 0 Å². The summed E-state index contributed by atoms with van der Waals surface area (Å²) in [5.41, 5.74) is 0.567. The molecule has 0 spiro atoms. The number of ether oxygens (including phenoxy) is 1. The first-order valence-electron chi connectivity index (χ1n) is 8.86. The van der Waals surface area contributed by atoms with Crippen LogP contribution in [0.5, 0.6) is 5.75 Å². The predicted molar refractivity (Wildman–Crippen MR) is 119 cm³/mol. The maximum Gasteiger partial charge on any atom is 0.387 e. The van der Waals surface area contributed by atoms with Crippen molar-refractivity contribution in [1.82, 2.24) is 10.6 Å². The molecule has 1 aromatic carbocycles. The van der Waals surface area contributed by atoms with Gasteiger partial charge >= 0.3 is 6.61 Å². The Balaban J connectivity index is 0.00000676. The van der Waals surface area contributed by atoms with E-state index in [4.69, 9.17) is 5.11 Å². The van der Waals surface area contributed by atoms with Crippen molar-refractivity contribution >= 4 is 45.9 Å². The highest BCUT2D eigenvalue weighted by Crippen LogP contribution is 2.25. The van der Waals surface area contributed by atoms with E-state index in [1.807, 2.05) is 6.92 Å². The third-order valence-electron chi connectivity index (χ3n) is 3.78. The molecule has 1 atom stereocenters. The van der Waals surface area contributed by atoms with E-state index in [1.165, 1.54) is 6.07 Å². The van der Waals surface area contributed by atoms with Crippen molar-refractivity contribution < 1.29 is 18.6 Å². The zero-order chi connectivity index (χ0) is 19.4. The Morgan fingerprint density at radius 2 is 2.00 bits per heavy atom. The molecule has 27 heavy (non-hydrogen) atoms. The summed E-state index contributed by atoms with van der Waals surface area (Å²) in [6.45, 7) is 2.93. The quantitative estimate of drug-likeness (QED) is 0.210. The molecule has 0 radical (unpaired) electrons. The number of hydrogen-bond donors (Lipinski definition) is 3. The van der Waals surface area contributed by atoms with Crippen LogP contribution in [-0.4, -0.2) is 37.4 Å². The molecule has 0 heterocycles. The normalized spacial score (nSPS) is 12.5. The van der Waals surface area contributed by atoms with Crippen LogP contribution in [0, 0.1) is 5.92 Å². The highest BCUT2D eigenvalue weighted by atomic mass is 127. The summed E-state index contributed by atoms with van der Waals surface area (Å²) in [5.74, 6) is 1.08. The average Bonchev–Trinajstić information content (AvgIpc) is 2.59. The van der Waals surface area contributed by atoms with Gasteiger partial charge in [-0.15, -0.1) is 24.0 Å². The number of nitrogens with zero attached hydrogens (tertiary/aromatic N) is 1. The van der Waals surface area contributed by atoms with Crippen molar-refractivity contribution in [2.45, 2.75) is 46.3 Å². The number of aliphatic imine (C=N–C) groups is 1. The lowest BCUT2D eigenvalue weighted by Gasteiger charge is -2.18. The van der Waals surface area contributed by atoms with Crippen molar-refractivity contribution in [1.29, 1.82) is 0 Å². The van der Waals surface area contributed by atoms with E-state index in [1.54, 1.807) is 12.1 Å². The predicted octanol–water partition coefficient (Wildman–Crippen LogP) is 4.52. The average molecular weight is 564 g/mol. The van der Waals surface area contributed by atoms with Crippen LogP contribution in [0.15, 0.2) is 27.7 Å². The van der Waals surface area contributed by atoms with Crippen LogP contribution in [0.4, 0.5) is 8.78 Å². The smallest absolute Gasteiger partial charge is 0.387 e. The van der Waals surface area contributed by atoms with Gasteiger partial charge in [-0.1, -0.05) is 29.3 Å². The molecule has 5 nitrogen and oxygen atoms in total. The van der Waals surface area contributed by atoms with Crippen LogP contribution >= 0.6 is 39.9 Å². The number of benzene rings is 1. The van der Waals surface area contributed by atoms with Gasteiger partial charge in [-0.3, -0.25) is 0 Å². The van der Waals surface area contributed by atoms with Gasteiger partial charge in [-0.25, -0.2) is 4.99 Å². The van der Waals surface area contributed by atoms with Crippen molar-refractivity contribution in [3.63, 3.8) is 0 Å². The fourth-order valence-electron chi connectivity index (χ4n) is 2.57. The molecule has 9 heteroatoms. The topological polar surface area (TPSA) is 65.9 Å². The molecule has 0 amide bonds. The van der Waals surface area contributed by atoms with E-state index >= 15 is 0 Å². The molecule has 0 fully saturated rings. The highest BCUT2D eigenvalue weighted by Gasteiger charge is 2.11. The van der Waals surface area contributed by atoms with Crippen LogP contribution in [-0.2, 0) is 6.54 Å². The molecule has 1 rings (SSSR count). The van der Waals surface area contributed by atoms with Gasteiger partial charge in [0.2, 0.25) is 0 Å². The fourth-order valence-corrected chi connectivity index (χ4v) is 2.98. The zero-order valence-corrected chi connectivity index (χ0v) is 19.6. The molecular formula is C18H29BrF2IN3O2. The summed E-state index contributed by atoms with van der Waals surface area (Å²) in [6, 6.07) is 4.87. The molecule has 156 valence electrons. The van der Waals surface area contributed by atoms with Gasteiger partial charge < -0.3 is 20.5 Å². The molecule has 0 saturated heterocycles. The molecule has 0 bridgehead atoms. The number of alkyl halides is 2. The number of guanidine groups is 1. The third kappa shape index (κ3) is 11.0. The molecule has 1 unspecified atom stereocenters. The van der Waals surface area contributed by atoms with Crippen LogP contribution in [0.1, 0.15) is 38.7 Å². The second-order valence-electron chi connectivity index (χ2n) is 5.87. The number of aliphatic hydroxyl groups is 1. The maximum absolute atomic E-state index is 12.6. The molecule has 0 aliphatic carbocycles. The molecule has 1 aromatic rings. The molecule has 0 aromatic heterocycles. The SMILES string of the molecule is CCCC(CCO)CNC(=NCc1cc(Br)ccc1OC(F)F)NCC.I. The molecule has 0 saturated carbocycles. The van der Waals surface area contributed by atoms with E-state index in [9.17, 15) is 8.78 Å². The minimum absolute atomic E-state index is 0. The van der Waals surface area contributed by atoms with E-state index in [0.717, 1.165) is 23.7 Å². The van der Waals surface area contributed by atoms with Gasteiger partial charge in [-0.05, 0) is 43.9 Å². The van der Waals surface area contributed by atoms with Crippen molar-refractivity contribution in [3.05, 3.63) is 28.2 Å². The number of rotatable bonds is 11. The van der Waals surface area contributed by atoms with Gasteiger partial charge in [0.25, 0.3) is 0 Å². The Morgan fingerprint density at radius 1 is 1.26 bits per heavy atom. The van der Waals surface area contributed by atoms with E-state index in [-0.39, 0.29) is 42.9 Å². The second kappa shape index (κ2) is 15.3. The van der Waals surface area contributed by atoms with Gasteiger partial charge in [0.1, 0.15) is 5.75 Å². The first-order chi connectivity index (χ1) is 12.5. The Hall–Kier alpha value is -0.680. The summed E-state index contributed by atoms with van der Waals surface area (Å²) < 4.78 is 30.5. The summed E-state index contributed by atoms with van der Waals surface area (Å²) in [7, 11) is 0. The van der Waals surface area contributed by atoms with Gasteiger partial charge in [0.15, 0.2) is 5.96 Å². The number of hydrogen-bond acceptors (Lipinski definition) is 3. The minimum atomic E-state index is -2.88. The fraction of sp³-hybridized carbons (Fsp3) is 0.611. The van der Waals surface area contributed by atoms with E-state index < -0.39 is 6.61 Å². The van der Waals surface area contributed by atoms with Crippen molar-refractivity contribution in [2.75, 3.05) is 19.7 Å². The second-order valence-corrected chi connectivity index (χ2v) is 6.79. The summed E-state index contributed by atoms with van der Waals surface area (Å²) >= 11 is 3.34. The first-order valence-corrected chi connectivity index (χ1v) is 9.65. The van der Waals surface area contributed by atoms with E-state index in [2.05, 4.69) is 43.2 Å². The van der Waals surface area contributed by atoms with Crippen LogP contribution < -0.4 is 15.4 Å². The lowest BCUT2D eigenvalue weighted by atomic mass is 10.0. The van der Waals surface area contributed by atoms with E-state index in [0.29, 0.717) is 30.5 Å². The molecule has 3 N–H and O–H groups in total. The highest BCUT2D eigenvalue weighted by molar-refractivity contribution is 14.0. The Morgan fingerprint density at radius 3 is 2.59 bits per heavy atom. The Labute approximate surface area is 185 Å². The molecular weight excluding hydrogens is 535 g/mol. The Kier molecular flexibility index (Phi) is 14.9. The summed E-state index contributed by atoms with van der Waals surface area (Å²) in [4.78, 5) is 4.47. The summed E-state index contributed by atoms with van der Waals surface area (Å²) in [5, 5.41) is 15.6. The lowest BCUT2D eigenvalue weighted by Crippen LogP contribution is -2.40. The van der Waals surface area contributed by atoms with Crippen LogP contribution in [0.25, 0.3) is 0 Å². The molecule has 0 aliphatic heterocycles. The standard InChI is InChI=1S/C18H28BrF2N3O2.HI/c1-3-5-13(8-9-25)11-23-18(22-4-2)24-12-14-10-15(19)6-7-16(14)26-17(20)21;/h6-7,10,13,17,25H,3-5,8-9,11-12H2,1-2H3,(H2,22,23,24);1H. The monoisotopic (exact) mass is 563 g/mol. The summed E-state index contributed by atoms with van der Waals surface area (Å²) in [6.07, 6.45) is 2.80. The lowest BCUT2D eigenvalue weighted by molar-refractivity contribution is -0.0504. The first kappa shape index (κ1) is 26.3. The van der Waals surface area contributed by atoms with Gasteiger partial charge in [0.05, 0.1) is 6.54 Å². The maximum atomic E-state index is 12.6.